The number of hydrogen-bond acceptors (Lipinski definition) is 4. The molecule has 1 N–H and O–H groups in total. The van der Waals surface area contributed by atoms with Crippen LogP contribution in [0, 0.1) is 0 Å². The Kier molecular flexibility index (Phi) is 3.97. The second-order valence-corrected chi connectivity index (χ2v) is 5.69. The summed E-state index contributed by atoms with van der Waals surface area (Å²) >= 11 is 3.12. The minimum Gasteiger partial charge on any atom is -0.353 e. The van der Waals surface area contributed by atoms with Gasteiger partial charge in [0.05, 0.1) is 0 Å². The van der Waals surface area contributed by atoms with Crippen LogP contribution in [0.5, 0.6) is 0 Å². The lowest BCUT2D eigenvalue weighted by molar-refractivity contribution is -0.144. The molecular formula is C14H11BrF3N5. The normalized spacial score (nSPS) is 11.9. The third-order valence-corrected chi connectivity index (χ3v) is 3.56. The third kappa shape index (κ3) is 3.29. The predicted octanol–water partition coefficient (Wildman–Crippen LogP) is 3.77. The molecule has 0 saturated heterocycles. The molecule has 0 spiro atoms. The van der Waals surface area contributed by atoms with Crippen LogP contribution in [0.1, 0.15) is 11.4 Å². The van der Waals surface area contributed by atoms with Gasteiger partial charge in [0, 0.05) is 13.6 Å². The van der Waals surface area contributed by atoms with Crippen molar-refractivity contribution in [3.63, 3.8) is 0 Å². The van der Waals surface area contributed by atoms with E-state index in [0.29, 0.717) is 16.8 Å². The molecule has 1 aromatic carbocycles. The molecule has 3 rings (SSSR count). The average molecular weight is 386 g/mol. The molecule has 9 heteroatoms. The number of aromatic amines is 1. The van der Waals surface area contributed by atoms with Crippen molar-refractivity contribution in [3.05, 3.63) is 46.5 Å². The van der Waals surface area contributed by atoms with Gasteiger partial charge in [-0.25, -0.2) is 15.0 Å². The standard InChI is InChI=1S/C14H11BrF3N5/c1-23(7-8-5-3-2-4-6-8)11-9-10(21-13(15)19-9)20-12(22-11)14(16,17)18/h2-6H,7H2,1H3,(H,19,20,21,22). The van der Waals surface area contributed by atoms with Gasteiger partial charge in [0.1, 0.15) is 5.52 Å². The van der Waals surface area contributed by atoms with Gasteiger partial charge in [-0.15, -0.1) is 0 Å². The Morgan fingerprint density at radius 3 is 2.48 bits per heavy atom. The van der Waals surface area contributed by atoms with Crippen LogP contribution >= 0.6 is 15.9 Å². The zero-order valence-corrected chi connectivity index (χ0v) is 13.5. The highest BCUT2D eigenvalue weighted by atomic mass is 79.9. The van der Waals surface area contributed by atoms with Gasteiger partial charge in [-0.2, -0.15) is 13.2 Å². The number of halogens is 4. The fourth-order valence-electron chi connectivity index (χ4n) is 2.19. The molecule has 0 radical (unpaired) electrons. The number of hydrogen-bond donors (Lipinski definition) is 1. The maximum atomic E-state index is 13.0. The van der Waals surface area contributed by atoms with Crippen LogP contribution in [0.2, 0.25) is 0 Å². The monoisotopic (exact) mass is 385 g/mol. The van der Waals surface area contributed by atoms with E-state index in [9.17, 15) is 13.2 Å². The number of anilines is 1. The van der Waals surface area contributed by atoms with E-state index in [4.69, 9.17) is 0 Å². The van der Waals surface area contributed by atoms with Crippen molar-refractivity contribution in [2.24, 2.45) is 0 Å². The molecule has 3 aromatic rings. The van der Waals surface area contributed by atoms with Crippen molar-refractivity contribution in [1.82, 2.24) is 19.9 Å². The number of H-pyrrole nitrogens is 1. The van der Waals surface area contributed by atoms with Gasteiger partial charge in [0.25, 0.3) is 0 Å². The van der Waals surface area contributed by atoms with E-state index >= 15 is 0 Å². The maximum absolute atomic E-state index is 13.0. The summed E-state index contributed by atoms with van der Waals surface area (Å²) in [5, 5.41) is 0. The lowest BCUT2D eigenvalue weighted by Crippen LogP contribution is -2.21. The molecule has 0 unspecified atom stereocenters. The van der Waals surface area contributed by atoms with E-state index in [-0.39, 0.29) is 11.5 Å². The van der Waals surface area contributed by atoms with Crippen molar-refractivity contribution in [1.29, 1.82) is 0 Å². The molecule has 23 heavy (non-hydrogen) atoms. The summed E-state index contributed by atoms with van der Waals surface area (Å²) in [6.07, 6.45) is -4.64. The molecule has 2 heterocycles. The van der Waals surface area contributed by atoms with Crippen LogP contribution in [0.15, 0.2) is 35.1 Å². The highest BCUT2D eigenvalue weighted by molar-refractivity contribution is 9.10. The number of alkyl halides is 3. The Hall–Kier alpha value is -2.16. The van der Waals surface area contributed by atoms with E-state index in [0.717, 1.165) is 5.56 Å². The van der Waals surface area contributed by atoms with Crippen LogP contribution in [0.3, 0.4) is 0 Å². The van der Waals surface area contributed by atoms with Gasteiger partial charge in [0.2, 0.25) is 5.82 Å². The molecule has 0 atom stereocenters. The minimum absolute atomic E-state index is 0.0332. The molecule has 0 bridgehead atoms. The molecule has 2 aromatic heterocycles. The van der Waals surface area contributed by atoms with E-state index in [1.165, 1.54) is 0 Å². The molecule has 0 amide bonds. The van der Waals surface area contributed by atoms with Crippen LogP contribution in [-0.2, 0) is 12.7 Å². The van der Waals surface area contributed by atoms with Crippen molar-refractivity contribution in [2.75, 3.05) is 11.9 Å². The quantitative estimate of drug-likeness (QED) is 0.697. The Bertz CT molecular complexity index is 832. The summed E-state index contributed by atoms with van der Waals surface area (Å²) in [6.45, 7) is 0.404. The third-order valence-electron chi connectivity index (χ3n) is 3.18. The Morgan fingerprint density at radius 2 is 1.83 bits per heavy atom. The summed E-state index contributed by atoms with van der Waals surface area (Å²) in [6, 6.07) is 9.39. The Labute approximate surface area is 137 Å². The zero-order chi connectivity index (χ0) is 16.6. The van der Waals surface area contributed by atoms with Crippen molar-refractivity contribution < 1.29 is 13.2 Å². The number of imidazole rings is 1. The second kappa shape index (κ2) is 5.80. The topological polar surface area (TPSA) is 57.7 Å². The van der Waals surface area contributed by atoms with Crippen molar-refractivity contribution >= 4 is 32.9 Å². The largest absolute Gasteiger partial charge is 0.451 e. The summed E-state index contributed by atoms with van der Waals surface area (Å²) < 4.78 is 39.3. The van der Waals surface area contributed by atoms with Gasteiger partial charge in [-0.05, 0) is 21.5 Å². The van der Waals surface area contributed by atoms with Crippen molar-refractivity contribution in [2.45, 2.75) is 12.7 Å². The molecule has 0 saturated carbocycles. The molecule has 0 fully saturated rings. The van der Waals surface area contributed by atoms with Crippen LogP contribution in [0.25, 0.3) is 11.2 Å². The number of aromatic nitrogens is 4. The lowest BCUT2D eigenvalue weighted by Gasteiger charge is -2.19. The number of benzene rings is 1. The smallest absolute Gasteiger partial charge is 0.353 e. The van der Waals surface area contributed by atoms with Gasteiger partial charge in [-0.3, -0.25) is 0 Å². The minimum atomic E-state index is -4.64. The molecule has 0 aliphatic heterocycles. The van der Waals surface area contributed by atoms with Crippen LogP contribution < -0.4 is 4.90 Å². The van der Waals surface area contributed by atoms with Gasteiger partial charge < -0.3 is 9.88 Å². The van der Waals surface area contributed by atoms with Gasteiger partial charge >= 0.3 is 6.18 Å². The van der Waals surface area contributed by atoms with Crippen LogP contribution in [0.4, 0.5) is 19.0 Å². The molecule has 0 aliphatic carbocycles. The highest BCUT2D eigenvalue weighted by Crippen LogP contribution is 2.31. The molecule has 120 valence electrons. The van der Waals surface area contributed by atoms with Gasteiger partial charge in [-0.1, -0.05) is 30.3 Å². The van der Waals surface area contributed by atoms with E-state index in [1.807, 2.05) is 30.3 Å². The average Bonchev–Trinajstić information content (AvgIpc) is 2.86. The first kappa shape index (κ1) is 15.7. The maximum Gasteiger partial charge on any atom is 0.451 e. The van der Waals surface area contributed by atoms with E-state index in [1.54, 1.807) is 11.9 Å². The first-order valence-corrected chi connectivity index (χ1v) is 7.39. The SMILES string of the molecule is CN(Cc1ccccc1)c1nc(C(F)(F)F)nc2nc(Br)[nH]c12. The summed E-state index contributed by atoms with van der Waals surface area (Å²) in [5.74, 6) is -1.07. The Morgan fingerprint density at radius 1 is 1.13 bits per heavy atom. The van der Waals surface area contributed by atoms with Crippen LogP contribution in [-0.4, -0.2) is 27.0 Å². The summed E-state index contributed by atoms with van der Waals surface area (Å²) in [5.41, 5.74) is 1.27. The summed E-state index contributed by atoms with van der Waals surface area (Å²) in [4.78, 5) is 15.6. The molecular weight excluding hydrogens is 375 g/mol. The fourth-order valence-corrected chi connectivity index (χ4v) is 2.56. The van der Waals surface area contributed by atoms with Crippen molar-refractivity contribution in [3.8, 4) is 0 Å². The van der Waals surface area contributed by atoms with E-state index < -0.39 is 12.0 Å². The number of nitrogens with one attached hydrogen (secondary N) is 1. The number of nitrogens with zero attached hydrogens (tertiary/aromatic N) is 4. The highest BCUT2D eigenvalue weighted by Gasteiger charge is 2.36. The molecule has 5 nitrogen and oxygen atoms in total. The number of rotatable bonds is 3. The first-order valence-electron chi connectivity index (χ1n) is 6.60. The first-order chi connectivity index (χ1) is 10.8. The summed E-state index contributed by atoms with van der Waals surface area (Å²) in [7, 11) is 1.67. The molecule has 0 aliphatic rings. The Balaban J connectivity index is 2.07. The predicted molar refractivity (Wildman–Crippen MR) is 82.9 cm³/mol. The number of fused-ring (bicyclic) bond motifs is 1. The second-order valence-electron chi connectivity index (χ2n) is 4.94. The lowest BCUT2D eigenvalue weighted by atomic mass is 10.2. The fraction of sp³-hybridized carbons (Fsp3) is 0.214. The van der Waals surface area contributed by atoms with Gasteiger partial charge in [0.15, 0.2) is 16.2 Å². The zero-order valence-electron chi connectivity index (χ0n) is 11.9. The van der Waals surface area contributed by atoms with E-state index in [2.05, 4.69) is 35.9 Å².